The molecule has 0 unspecified atom stereocenters. The first-order valence-electron chi connectivity index (χ1n) is 3.88. The smallest absolute Gasteiger partial charge is 0.325 e. The molecule has 1 aromatic rings. The first-order chi connectivity index (χ1) is 6.56. The Balaban J connectivity index is 3.05. The normalized spacial score (nSPS) is 12.2. The van der Waals surface area contributed by atoms with Gasteiger partial charge in [0.2, 0.25) is 0 Å². The highest BCUT2D eigenvalue weighted by Gasteiger charge is 2.17. The highest BCUT2D eigenvalue weighted by Crippen LogP contribution is 2.26. The van der Waals surface area contributed by atoms with Gasteiger partial charge in [-0.1, -0.05) is 17.7 Å². The van der Waals surface area contributed by atoms with E-state index in [1.165, 1.54) is 13.2 Å². The van der Waals surface area contributed by atoms with E-state index < -0.39 is 12.0 Å². The third-order valence-electron chi connectivity index (χ3n) is 1.81. The molecule has 4 nitrogen and oxygen atoms in total. The Hall–Kier alpha value is -1.26. The summed E-state index contributed by atoms with van der Waals surface area (Å²) in [7, 11) is 1.50. The van der Waals surface area contributed by atoms with E-state index >= 15 is 0 Å². The van der Waals surface area contributed by atoms with Crippen molar-refractivity contribution in [2.75, 3.05) is 7.11 Å². The molecule has 0 amide bonds. The van der Waals surface area contributed by atoms with Crippen molar-refractivity contribution in [1.82, 2.24) is 0 Å². The molecule has 1 atom stereocenters. The van der Waals surface area contributed by atoms with Crippen LogP contribution >= 0.6 is 11.6 Å². The number of hydrogen-bond acceptors (Lipinski definition) is 3. The maximum absolute atomic E-state index is 10.6. The van der Waals surface area contributed by atoms with Crippen molar-refractivity contribution in [3.63, 3.8) is 0 Å². The number of nitrogens with two attached hydrogens (primary N) is 1. The fourth-order valence-electron chi connectivity index (χ4n) is 1.02. The van der Waals surface area contributed by atoms with Crippen molar-refractivity contribution < 1.29 is 14.6 Å². The third-order valence-corrected chi connectivity index (χ3v) is 2.14. The van der Waals surface area contributed by atoms with Gasteiger partial charge in [-0.2, -0.15) is 0 Å². The van der Waals surface area contributed by atoms with Gasteiger partial charge in [-0.15, -0.1) is 0 Å². The molecule has 0 saturated heterocycles. The largest absolute Gasteiger partial charge is 0.497 e. The maximum atomic E-state index is 10.6. The molecule has 0 spiro atoms. The van der Waals surface area contributed by atoms with Crippen molar-refractivity contribution in [2.24, 2.45) is 5.73 Å². The number of rotatable bonds is 3. The second-order valence-corrected chi connectivity index (χ2v) is 3.11. The fraction of sp³-hybridized carbons (Fsp3) is 0.222. The van der Waals surface area contributed by atoms with E-state index in [0.29, 0.717) is 16.3 Å². The Morgan fingerprint density at radius 3 is 2.71 bits per heavy atom. The number of ether oxygens (including phenoxy) is 1. The van der Waals surface area contributed by atoms with Crippen LogP contribution in [-0.4, -0.2) is 18.2 Å². The number of benzene rings is 1. The van der Waals surface area contributed by atoms with Crippen LogP contribution in [0.25, 0.3) is 0 Å². The predicted molar refractivity (Wildman–Crippen MR) is 52.6 cm³/mol. The molecule has 0 bridgehead atoms. The minimum absolute atomic E-state index is 0.291. The first-order valence-corrected chi connectivity index (χ1v) is 4.26. The lowest BCUT2D eigenvalue weighted by molar-refractivity contribution is -0.138. The van der Waals surface area contributed by atoms with Gasteiger partial charge in [0.1, 0.15) is 11.8 Å². The standard InChI is InChI=1S/C9H10ClNO3/c1-14-5-2-3-6(7(10)4-5)8(11)9(12)13/h2-4,8H,11H2,1H3,(H,12,13)/t8-/m0/s1. The van der Waals surface area contributed by atoms with Crippen LogP contribution in [0.15, 0.2) is 18.2 Å². The summed E-state index contributed by atoms with van der Waals surface area (Å²) < 4.78 is 4.92. The molecule has 0 heterocycles. The molecule has 5 heteroatoms. The quantitative estimate of drug-likeness (QED) is 0.800. The zero-order valence-electron chi connectivity index (χ0n) is 7.53. The van der Waals surface area contributed by atoms with Crippen molar-refractivity contribution >= 4 is 17.6 Å². The summed E-state index contributed by atoms with van der Waals surface area (Å²) in [5, 5.41) is 8.96. The summed E-state index contributed by atoms with van der Waals surface area (Å²) in [5.41, 5.74) is 5.78. The highest BCUT2D eigenvalue weighted by atomic mass is 35.5. The van der Waals surface area contributed by atoms with Crippen LogP contribution < -0.4 is 10.5 Å². The molecule has 0 aliphatic carbocycles. The maximum Gasteiger partial charge on any atom is 0.325 e. The van der Waals surface area contributed by atoms with Gasteiger partial charge >= 0.3 is 5.97 Å². The average molecular weight is 216 g/mol. The lowest BCUT2D eigenvalue weighted by Gasteiger charge is -2.09. The summed E-state index contributed by atoms with van der Waals surface area (Å²) in [6.45, 7) is 0. The van der Waals surface area contributed by atoms with Crippen molar-refractivity contribution in [1.29, 1.82) is 0 Å². The molecule has 1 rings (SSSR count). The van der Waals surface area contributed by atoms with E-state index in [0.717, 1.165) is 0 Å². The highest BCUT2D eigenvalue weighted by molar-refractivity contribution is 6.31. The first kappa shape index (κ1) is 10.8. The molecule has 0 aliphatic rings. The van der Waals surface area contributed by atoms with E-state index in [4.69, 9.17) is 27.2 Å². The van der Waals surface area contributed by atoms with Gasteiger partial charge in [-0.3, -0.25) is 4.79 Å². The van der Waals surface area contributed by atoms with Crippen LogP contribution in [0.5, 0.6) is 5.75 Å². The Morgan fingerprint density at radius 2 is 2.29 bits per heavy atom. The summed E-state index contributed by atoms with van der Waals surface area (Å²) in [4.78, 5) is 10.6. The fourth-order valence-corrected chi connectivity index (χ4v) is 1.31. The van der Waals surface area contributed by atoms with Gasteiger partial charge in [0.25, 0.3) is 0 Å². The van der Waals surface area contributed by atoms with Gasteiger partial charge in [-0.05, 0) is 17.7 Å². The summed E-state index contributed by atoms with van der Waals surface area (Å²) in [6.07, 6.45) is 0. The third kappa shape index (κ3) is 2.16. The Kier molecular flexibility index (Phi) is 3.33. The van der Waals surface area contributed by atoms with Crippen LogP contribution in [0.1, 0.15) is 11.6 Å². The molecule has 0 saturated carbocycles. The summed E-state index contributed by atoms with van der Waals surface area (Å²) in [5.74, 6) is -0.548. The molecule has 0 aliphatic heterocycles. The monoisotopic (exact) mass is 215 g/mol. The van der Waals surface area contributed by atoms with Crippen molar-refractivity contribution in [2.45, 2.75) is 6.04 Å². The minimum Gasteiger partial charge on any atom is -0.497 e. The number of aliphatic carboxylic acids is 1. The number of methoxy groups -OCH3 is 1. The predicted octanol–water partition coefficient (Wildman–Crippen LogP) is 1.43. The van der Waals surface area contributed by atoms with E-state index in [1.54, 1.807) is 12.1 Å². The molecular formula is C9H10ClNO3. The van der Waals surface area contributed by atoms with Crippen LogP contribution in [-0.2, 0) is 4.79 Å². The molecule has 0 fully saturated rings. The van der Waals surface area contributed by atoms with E-state index in [1.807, 2.05) is 0 Å². The second-order valence-electron chi connectivity index (χ2n) is 2.70. The number of hydrogen-bond donors (Lipinski definition) is 2. The van der Waals surface area contributed by atoms with Crippen LogP contribution in [0.3, 0.4) is 0 Å². The Morgan fingerprint density at radius 1 is 1.64 bits per heavy atom. The van der Waals surface area contributed by atoms with Gasteiger partial charge in [0.05, 0.1) is 7.11 Å². The molecule has 3 N–H and O–H groups in total. The number of halogens is 1. The van der Waals surface area contributed by atoms with Gasteiger partial charge in [0, 0.05) is 5.02 Å². The zero-order valence-corrected chi connectivity index (χ0v) is 8.28. The van der Waals surface area contributed by atoms with Gasteiger partial charge < -0.3 is 15.6 Å². The molecule has 1 aromatic carbocycles. The number of carbonyl (C=O) groups is 1. The van der Waals surface area contributed by atoms with Gasteiger partial charge in [0.15, 0.2) is 0 Å². The van der Waals surface area contributed by atoms with Crippen LogP contribution in [0.2, 0.25) is 5.02 Å². The second kappa shape index (κ2) is 4.30. The van der Waals surface area contributed by atoms with E-state index in [2.05, 4.69) is 0 Å². The van der Waals surface area contributed by atoms with E-state index in [9.17, 15) is 4.79 Å². The Labute approximate surface area is 86.2 Å². The lowest BCUT2D eigenvalue weighted by Crippen LogP contribution is -2.20. The number of carboxylic acid groups (broad SMARTS) is 1. The van der Waals surface area contributed by atoms with Crippen LogP contribution in [0.4, 0.5) is 0 Å². The SMILES string of the molecule is COc1ccc([C@H](N)C(=O)O)c(Cl)c1. The zero-order chi connectivity index (χ0) is 10.7. The van der Waals surface area contributed by atoms with Crippen molar-refractivity contribution in [3.05, 3.63) is 28.8 Å². The summed E-state index contributed by atoms with van der Waals surface area (Å²) >= 11 is 5.82. The minimum atomic E-state index is -1.11. The number of carboxylic acids is 1. The van der Waals surface area contributed by atoms with Crippen molar-refractivity contribution in [3.8, 4) is 5.75 Å². The summed E-state index contributed by atoms with van der Waals surface area (Å²) in [6, 6.07) is 3.58. The molecule has 76 valence electrons. The molecule has 0 aromatic heterocycles. The lowest BCUT2D eigenvalue weighted by atomic mass is 10.1. The molecule has 0 radical (unpaired) electrons. The van der Waals surface area contributed by atoms with E-state index in [-0.39, 0.29) is 0 Å². The Bertz CT molecular complexity index is 354. The molecular weight excluding hydrogens is 206 g/mol. The van der Waals surface area contributed by atoms with Gasteiger partial charge in [-0.25, -0.2) is 0 Å². The van der Waals surface area contributed by atoms with Crippen LogP contribution in [0, 0.1) is 0 Å². The average Bonchev–Trinajstić information content (AvgIpc) is 2.16. The topological polar surface area (TPSA) is 72.5 Å². The molecule has 14 heavy (non-hydrogen) atoms.